The molecule has 0 rings (SSSR count). The van der Waals surface area contributed by atoms with Crippen LogP contribution in [0.4, 0.5) is 4.79 Å². The normalized spacial score (nSPS) is 9.88. The maximum atomic E-state index is 8.56. The van der Waals surface area contributed by atoms with Crippen LogP contribution >= 0.6 is 0 Å². The Morgan fingerprint density at radius 3 is 2.12 bits per heavy atom. The van der Waals surface area contributed by atoms with Crippen molar-refractivity contribution in [2.45, 2.75) is 20.8 Å². The van der Waals surface area contributed by atoms with Crippen molar-refractivity contribution in [1.82, 2.24) is 10.2 Å². The molecular weight excluding hydrogens is 224 g/mol. The monoisotopic (exact) mass is 250 g/mol. The van der Waals surface area contributed by atoms with Crippen molar-refractivity contribution in [2.75, 3.05) is 45.9 Å². The molecule has 0 aliphatic carbocycles. The lowest BCUT2D eigenvalue weighted by molar-refractivity contribution is 0.109. The molecule has 104 valence electrons. The summed E-state index contributed by atoms with van der Waals surface area (Å²) in [6, 6.07) is 0. The lowest BCUT2D eigenvalue weighted by atomic mass is 10.5. The fourth-order valence-electron chi connectivity index (χ4n) is 1.16. The third kappa shape index (κ3) is 21.1. The van der Waals surface area contributed by atoms with Crippen molar-refractivity contribution < 1.29 is 19.7 Å². The second-order valence-electron chi connectivity index (χ2n) is 3.28. The summed E-state index contributed by atoms with van der Waals surface area (Å²) in [5.41, 5.74) is 0. The number of nitrogens with zero attached hydrogens (tertiary/aromatic N) is 1. The molecule has 0 heterocycles. The molecular formula is C11H26N2O4. The van der Waals surface area contributed by atoms with Crippen LogP contribution in [0.2, 0.25) is 0 Å². The van der Waals surface area contributed by atoms with E-state index in [0.717, 1.165) is 45.9 Å². The van der Waals surface area contributed by atoms with Gasteiger partial charge in [0.25, 0.3) is 0 Å². The fourth-order valence-corrected chi connectivity index (χ4v) is 1.16. The van der Waals surface area contributed by atoms with Crippen molar-refractivity contribution in [3.8, 4) is 0 Å². The SMILES string of the molecule is CCNCCOCCN(CC)CC.O=C(O)O. The van der Waals surface area contributed by atoms with E-state index in [1.807, 2.05) is 0 Å². The second-order valence-corrected chi connectivity index (χ2v) is 3.28. The van der Waals surface area contributed by atoms with Crippen molar-refractivity contribution in [3.05, 3.63) is 0 Å². The first-order valence-electron chi connectivity index (χ1n) is 6.01. The van der Waals surface area contributed by atoms with Crippen molar-refractivity contribution >= 4 is 6.16 Å². The van der Waals surface area contributed by atoms with Crippen LogP contribution < -0.4 is 5.32 Å². The average molecular weight is 250 g/mol. The molecule has 3 N–H and O–H groups in total. The first-order chi connectivity index (χ1) is 8.08. The minimum absolute atomic E-state index is 0.828. The maximum Gasteiger partial charge on any atom is 0.503 e. The highest BCUT2D eigenvalue weighted by Crippen LogP contribution is 1.86. The molecule has 0 saturated carbocycles. The lowest BCUT2D eigenvalue weighted by Crippen LogP contribution is -2.28. The summed E-state index contributed by atoms with van der Waals surface area (Å²) in [6.45, 7) is 13.4. The van der Waals surface area contributed by atoms with E-state index in [1.165, 1.54) is 0 Å². The van der Waals surface area contributed by atoms with E-state index in [0.29, 0.717) is 0 Å². The summed E-state index contributed by atoms with van der Waals surface area (Å²) >= 11 is 0. The Hall–Kier alpha value is -0.850. The summed E-state index contributed by atoms with van der Waals surface area (Å²) in [6.07, 6.45) is -1.83. The highest BCUT2D eigenvalue weighted by Gasteiger charge is 1.97. The van der Waals surface area contributed by atoms with E-state index >= 15 is 0 Å². The molecule has 6 heteroatoms. The molecule has 0 radical (unpaired) electrons. The number of hydrogen-bond donors (Lipinski definition) is 3. The molecule has 0 aliphatic heterocycles. The fraction of sp³-hybridized carbons (Fsp3) is 0.909. The van der Waals surface area contributed by atoms with Crippen LogP contribution in [-0.2, 0) is 4.74 Å². The van der Waals surface area contributed by atoms with Crippen LogP contribution in [0, 0.1) is 0 Å². The van der Waals surface area contributed by atoms with E-state index in [1.54, 1.807) is 0 Å². The zero-order valence-electron chi connectivity index (χ0n) is 11.1. The summed E-state index contributed by atoms with van der Waals surface area (Å²) in [5, 5.41) is 17.2. The third-order valence-corrected chi connectivity index (χ3v) is 2.12. The van der Waals surface area contributed by atoms with Gasteiger partial charge in [0.15, 0.2) is 0 Å². The zero-order chi connectivity index (χ0) is 13.5. The van der Waals surface area contributed by atoms with Gasteiger partial charge >= 0.3 is 6.16 Å². The van der Waals surface area contributed by atoms with Gasteiger partial charge in [0.2, 0.25) is 0 Å². The molecule has 0 amide bonds. The van der Waals surface area contributed by atoms with Gasteiger partial charge in [-0.3, -0.25) is 0 Å². The molecule has 0 saturated heterocycles. The standard InChI is InChI=1S/C10H24N2O.CH2O3/c1-4-11-7-9-13-10-8-12(5-2)6-3;2-1(3)4/h11H,4-10H2,1-3H3;(H2,2,3,4). The van der Waals surface area contributed by atoms with Gasteiger partial charge in [0.1, 0.15) is 0 Å². The summed E-state index contributed by atoms with van der Waals surface area (Å²) in [4.78, 5) is 10.9. The van der Waals surface area contributed by atoms with Gasteiger partial charge in [-0.25, -0.2) is 4.79 Å². The molecule has 0 unspecified atom stereocenters. The van der Waals surface area contributed by atoms with E-state index in [4.69, 9.17) is 19.7 Å². The number of likely N-dealkylation sites (N-methyl/N-ethyl adjacent to an activating group) is 2. The zero-order valence-corrected chi connectivity index (χ0v) is 11.1. The van der Waals surface area contributed by atoms with Gasteiger partial charge in [-0.15, -0.1) is 0 Å². The van der Waals surface area contributed by atoms with Crippen LogP contribution in [-0.4, -0.2) is 67.2 Å². The highest BCUT2D eigenvalue weighted by molar-refractivity contribution is 5.53. The predicted octanol–water partition coefficient (Wildman–Crippen LogP) is 1.18. The Kier molecular flexibility index (Phi) is 16.5. The van der Waals surface area contributed by atoms with Gasteiger partial charge < -0.3 is 25.2 Å². The Bertz CT molecular complexity index is 160. The molecule has 0 spiro atoms. The van der Waals surface area contributed by atoms with Gasteiger partial charge in [0.05, 0.1) is 13.2 Å². The van der Waals surface area contributed by atoms with Gasteiger partial charge in [-0.05, 0) is 19.6 Å². The Morgan fingerprint density at radius 2 is 1.71 bits per heavy atom. The first-order valence-corrected chi connectivity index (χ1v) is 6.01. The van der Waals surface area contributed by atoms with E-state index in [-0.39, 0.29) is 0 Å². The number of carbonyl (C=O) groups is 1. The van der Waals surface area contributed by atoms with E-state index < -0.39 is 6.16 Å². The van der Waals surface area contributed by atoms with Crippen molar-refractivity contribution in [3.63, 3.8) is 0 Å². The minimum Gasteiger partial charge on any atom is -0.450 e. The Morgan fingerprint density at radius 1 is 1.18 bits per heavy atom. The molecule has 0 fully saturated rings. The number of rotatable bonds is 9. The molecule has 0 bridgehead atoms. The Balaban J connectivity index is 0. The van der Waals surface area contributed by atoms with Crippen LogP contribution in [0.25, 0.3) is 0 Å². The summed E-state index contributed by atoms with van der Waals surface area (Å²) < 4.78 is 5.47. The topological polar surface area (TPSA) is 82.0 Å². The number of hydrogen-bond acceptors (Lipinski definition) is 4. The highest BCUT2D eigenvalue weighted by atomic mass is 16.6. The van der Waals surface area contributed by atoms with Gasteiger partial charge in [-0.1, -0.05) is 20.8 Å². The first kappa shape index (κ1) is 18.5. The second kappa shape index (κ2) is 15.1. The van der Waals surface area contributed by atoms with E-state index in [9.17, 15) is 0 Å². The van der Waals surface area contributed by atoms with Crippen LogP contribution in [0.1, 0.15) is 20.8 Å². The van der Waals surface area contributed by atoms with Crippen molar-refractivity contribution in [2.24, 2.45) is 0 Å². The number of ether oxygens (including phenoxy) is 1. The van der Waals surface area contributed by atoms with Gasteiger partial charge in [-0.2, -0.15) is 0 Å². The van der Waals surface area contributed by atoms with Gasteiger partial charge in [0, 0.05) is 13.1 Å². The molecule has 0 aromatic carbocycles. The molecule has 0 aliphatic rings. The average Bonchev–Trinajstić information content (AvgIpc) is 2.28. The molecule has 0 aromatic heterocycles. The number of nitrogens with one attached hydrogen (secondary N) is 1. The minimum atomic E-state index is -1.83. The molecule has 17 heavy (non-hydrogen) atoms. The lowest BCUT2D eigenvalue weighted by Gasteiger charge is -2.17. The van der Waals surface area contributed by atoms with Crippen LogP contribution in [0.5, 0.6) is 0 Å². The molecule has 6 nitrogen and oxygen atoms in total. The number of carboxylic acid groups (broad SMARTS) is 2. The molecule has 0 atom stereocenters. The smallest absolute Gasteiger partial charge is 0.450 e. The molecule has 0 aromatic rings. The Labute approximate surface area is 104 Å². The third-order valence-electron chi connectivity index (χ3n) is 2.12. The quantitative estimate of drug-likeness (QED) is 0.533. The van der Waals surface area contributed by atoms with Crippen LogP contribution in [0.15, 0.2) is 0 Å². The summed E-state index contributed by atoms with van der Waals surface area (Å²) in [5.74, 6) is 0. The van der Waals surface area contributed by atoms with Crippen LogP contribution in [0.3, 0.4) is 0 Å². The van der Waals surface area contributed by atoms with E-state index in [2.05, 4.69) is 31.0 Å². The largest absolute Gasteiger partial charge is 0.503 e. The van der Waals surface area contributed by atoms with Crippen molar-refractivity contribution in [1.29, 1.82) is 0 Å². The predicted molar refractivity (Wildman–Crippen MR) is 67.8 cm³/mol. The summed E-state index contributed by atoms with van der Waals surface area (Å²) in [7, 11) is 0. The maximum absolute atomic E-state index is 8.56.